The van der Waals surface area contributed by atoms with Gasteiger partial charge in [-0.3, -0.25) is 10.1 Å². The van der Waals surface area contributed by atoms with Crippen molar-refractivity contribution in [2.75, 3.05) is 5.32 Å². The first-order valence-electron chi connectivity index (χ1n) is 6.94. The molecule has 0 aliphatic rings. The minimum absolute atomic E-state index is 0.502. The van der Waals surface area contributed by atoms with Gasteiger partial charge in [0.2, 0.25) is 0 Å². The van der Waals surface area contributed by atoms with Crippen LogP contribution >= 0.6 is 11.6 Å². The highest BCUT2D eigenvalue weighted by Crippen LogP contribution is 2.21. The Kier molecular flexibility index (Phi) is 4.06. The molecule has 0 fully saturated rings. The van der Waals surface area contributed by atoms with E-state index < -0.39 is 0 Å². The average Bonchev–Trinajstić information content (AvgIpc) is 3.11. The zero-order valence-corrected chi connectivity index (χ0v) is 13.1. The molecule has 0 spiro atoms. The van der Waals surface area contributed by atoms with Crippen LogP contribution in [0.25, 0.3) is 11.4 Å². The van der Waals surface area contributed by atoms with E-state index in [4.69, 9.17) is 11.6 Å². The predicted molar refractivity (Wildman–Crippen MR) is 84.5 cm³/mol. The highest BCUT2D eigenvalue weighted by molar-refractivity contribution is 6.30. The van der Waals surface area contributed by atoms with E-state index in [0.29, 0.717) is 11.7 Å². The number of rotatable bonds is 5. The molecule has 3 heterocycles. The molecule has 114 valence electrons. The number of anilines is 1. The fraction of sp³-hybridized carbons (Fsp3) is 0.286. The van der Waals surface area contributed by atoms with Crippen LogP contribution in [0.15, 0.2) is 24.8 Å². The number of H-pyrrole nitrogens is 1. The topological polar surface area (TPSA) is 84.3 Å². The monoisotopic (exact) mass is 317 g/mol. The average molecular weight is 318 g/mol. The summed E-state index contributed by atoms with van der Waals surface area (Å²) >= 11 is 6.10. The fourth-order valence-corrected chi connectivity index (χ4v) is 2.47. The number of nitrogens with one attached hydrogen (secondary N) is 2. The van der Waals surface area contributed by atoms with E-state index in [-0.39, 0.29) is 0 Å². The molecule has 3 rings (SSSR count). The first-order valence-corrected chi connectivity index (χ1v) is 7.31. The van der Waals surface area contributed by atoms with Gasteiger partial charge in [0, 0.05) is 42.8 Å². The van der Waals surface area contributed by atoms with E-state index in [2.05, 4.69) is 37.6 Å². The molecule has 0 aliphatic carbocycles. The fourth-order valence-electron chi connectivity index (χ4n) is 2.24. The van der Waals surface area contributed by atoms with Crippen molar-refractivity contribution in [3.8, 4) is 11.4 Å². The van der Waals surface area contributed by atoms with Crippen LogP contribution in [0.4, 0.5) is 5.69 Å². The molecule has 0 radical (unpaired) electrons. The van der Waals surface area contributed by atoms with Crippen LogP contribution in [-0.4, -0.2) is 29.9 Å². The van der Waals surface area contributed by atoms with E-state index in [1.807, 2.05) is 17.7 Å². The van der Waals surface area contributed by atoms with Gasteiger partial charge in [-0.1, -0.05) is 18.5 Å². The Bertz CT molecular complexity index is 777. The number of nitrogens with zero attached hydrogens (tertiary/aromatic N) is 5. The van der Waals surface area contributed by atoms with Crippen molar-refractivity contribution in [2.24, 2.45) is 7.05 Å². The second-order valence-electron chi connectivity index (χ2n) is 4.91. The minimum atomic E-state index is 0.502. The molecule has 0 aliphatic heterocycles. The lowest BCUT2D eigenvalue weighted by molar-refractivity contribution is 0.918. The van der Waals surface area contributed by atoms with Crippen molar-refractivity contribution < 1.29 is 0 Å². The van der Waals surface area contributed by atoms with Gasteiger partial charge in [0.15, 0.2) is 11.0 Å². The lowest BCUT2D eigenvalue weighted by Gasteiger charge is -2.08. The predicted octanol–water partition coefficient (Wildman–Crippen LogP) is 2.43. The summed E-state index contributed by atoms with van der Waals surface area (Å²) in [4.78, 5) is 4.25. The maximum absolute atomic E-state index is 6.10. The molecular weight excluding hydrogens is 302 g/mol. The van der Waals surface area contributed by atoms with Crippen molar-refractivity contribution >= 4 is 17.3 Å². The van der Waals surface area contributed by atoms with Gasteiger partial charge >= 0.3 is 0 Å². The van der Waals surface area contributed by atoms with Crippen LogP contribution in [-0.2, 0) is 20.0 Å². The number of aromatic amines is 1. The van der Waals surface area contributed by atoms with E-state index in [0.717, 1.165) is 34.8 Å². The first-order chi connectivity index (χ1) is 10.7. The Morgan fingerprint density at radius 2 is 2.23 bits per heavy atom. The number of aryl methyl sites for hydroxylation is 2. The maximum Gasteiger partial charge on any atom is 0.165 e. The third kappa shape index (κ3) is 2.80. The van der Waals surface area contributed by atoms with Crippen molar-refractivity contribution in [1.82, 2.24) is 29.9 Å². The van der Waals surface area contributed by atoms with Gasteiger partial charge in [-0.2, -0.15) is 5.10 Å². The molecule has 0 saturated carbocycles. The summed E-state index contributed by atoms with van der Waals surface area (Å²) in [7, 11) is 1.90. The number of hydrogen-bond donors (Lipinski definition) is 2. The summed E-state index contributed by atoms with van der Waals surface area (Å²) in [5, 5.41) is 18.8. The standard InChI is InChI=1S/C14H16ClN7/c1-3-12-11(13(15)20-19-12)7-17-10-4-9(5-16-6-10)14-21-18-8-22(14)2/h4-6,8,17H,3,7H2,1-2H3,(H,19,20). The number of pyridine rings is 1. The molecule has 8 heteroatoms. The lowest BCUT2D eigenvalue weighted by atomic mass is 10.2. The summed E-state index contributed by atoms with van der Waals surface area (Å²) < 4.78 is 1.85. The molecule has 0 atom stereocenters. The molecule has 0 saturated heterocycles. The van der Waals surface area contributed by atoms with E-state index in [9.17, 15) is 0 Å². The zero-order chi connectivity index (χ0) is 15.5. The summed E-state index contributed by atoms with van der Waals surface area (Å²) in [5.41, 5.74) is 3.81. The molecule has 2 N–H and O–H groups in total. The smallest absolute Gasteiger partial charge is 0.165 e. The van der Waals surface area contributed by atoms with E-state index in [1.54, 1.807) is 18.7 Å². The van der Waals surface area contributed by atoms with Crippen LogP contribution in [0.3, 0.4) is 0 Å². The quantitative estimate of drug-likeness (QED) is 0.755. The maximum atomic E-state index is 6.10. The molecule has 0 amide bonds. The molecule has 0 aromatic carbocycles. The second-order valence-corrected chi connectivity index (χ2v) is 5.26. The second kappa shape index (κ2) is 6.15. The van der Waals surface area contributed by atoms with Gasteiger partial charge in [0.25, 0.3) is 0 Å². The van der Waals surface area contributed by atoms with Crippen LogP contribution in [0.2, 0.25) is 5.15 Å². The normalized spacial score (nSPS) is 10.9. The van der Waals surface area contributed by atoms with Gasteiger partial charge < -0.3 is 9.88 Å². The van der Waals surface area contributed by atoms with Crippen molar-refractivity contribution in [3.63, 3.8) is 0 Å². The van der Waals surface area contributed by atoms with Gasteiger partial charge in [-0.05, 0) is 12.5 Å². The SMILES string of the molecule is CCc1[nH]nc(Cl)c1CNc1cncc(-c2nncn2C)c1. The van der Waals surface area contributed by atoms with Crippen LogP contribution in [0.1, 0.15) is 18.2 Å². The summed E-state index contributed by atoms with van der Waals surface area (Å²) in [6, 6.07) is 1.98. The Morgan fingerprint density at radius 3 is 2.95 bits per heavy atom. The van der Waals surface area contributed by atoms with Crippen molar-refractivity contribution in [1.29, 1.82) is 0 Å². The van der Waals surface area contributed by atoms with E-state index >= 15 is 0 Å². The highest BCUT2D eigenvalue weighted by atomic mass is 35.5. The van der Waals surface area contributed by atoms with Crippen molar-refractivity contribution in [2.45, 2.75) is 19.9 Å². The molecule has 3 aromatic rings. The minimum Gasteiger partial charge on any atom is -0.380 e. The molecular formula is C14H16ClN7. The Labute approximate surface area is 132 Å². The largest absolute Gasteiger partial charge is 0.380 e. The van der Waals surface area contributed by atoms with Crippen LogP contribution in [0, 0.1) is 0 Å². The third-order valence-electron chi connectivity index (χ3n) is 3.43. The van der Waals surface area contributed by atoms with Crippen LogP contribution < -0.4 is 5.32 Å². The van der Waals surface area contributed by atoms with Crippen molar-refractivity contribution in [3.05, 3.63) is 41.2 Å². The molecule has 0 bridgehead atoms. The molecule has 3 aromatic heterocycles. The summed E-state index contributed by atoms with van der Waals surface area (Å²) in [5.74, 6) is 0.770. The molecule has 0 unspecified atom stereocenters. The third-order valence-corrected chi connectivity index (χ3v) is 3.75. The number of halogens is 1. The Balaban J connectivity index is 1.79. The van der Waals surface area contributed by atoms with E-state index in [1.165, 1.54) is 0 Å². The lowest BCUT2D eigenvalue weighted by Crippen LogP contribution is -2.02. The highest BCUT2D eigenvalue weighted by Gasteiger charge is 2.10. The van der Waals surface area contributed by atoms with Gasteiger partial charge in [-0.15, -0.1) is 10.2 Å². The molecule has 22 heavy (non-hydrogen) atoms. The Morgan fingerprint density at radius 1 is 1.36 bits per heavy atom. The summed E-state index contributed by atoms with van der Waals surface area (Å²) in [6.07, 6.45) is 6.04. The molecule has 7 nitrogen and oxygen atoms in total. The summed E-state index contributed by atoms with van der Waals surface area (Å²) in [6.45, 7) is 2.64. The Hall–Kier alpha value is -2.41. The van der Waals surface area contributed by atoms with Crippen LogP contribution in [0.5, 0.6) is 0 Å². The first kappa shape index (κ1) is 14.5. The van der Waals surface area contributed by atoms with Gasteiger partial charge in [0.1, 0.15) is 6.33 Å². The number of aromatic nitrogens is 6. The van der Waals surface area contributed by atoms with Gasteiger partial charge in [-0.25, -0.2) is 0 Å². The number of hydrogen-bond acceptors (Lipinski definition) is 5. The zero-order valence-electron chi connectivity index (χ0n) is 12.3. The van der Waals surface area contributed by atoms with Gasteiger partial charge in [0.05, 0.1) is 5.69 Å².